The van der Waals surface area contributed by atoms with E-state index in [0.29, 0.717) is 6.42 Å². The molecule has 0 radical (unpaired) electrons. The van der Waals surface area contributed by atoms with Crippen molar-refractivity contribution >= 4 is 5.97 Å². The van der Waals surface area contributed by atoms with Crippen molar-refractivity contribution in [3.8, 4) is 0 Å². The molecule has 0 aromatic heterocycles. The van der Waals surface area contributed by atoms with E-state index in [1.807, 2.05) is 0 Å². The second-order valence-corrected chi connectivity index (χ2v) is 6.78. The number of allylic oxidation sites excluding steroid dienone is 6. The lowest BCUT2D eigenvalue weighted by molar-refractivity contribution is -0.153. The lowest BCUT2D eigenvalue weighted by atomic mass is 10.1. The Balaban J connectivity index is 3.34. The zero-order valence-corrected chi connectivity index (χ0v) is 17.2. The Morgan fingerprint density at radius 1 is 0.778 bits per heavy atom. The van der Waals surface area contributed by atoms with Crippen molar-refractivity contribution in [1.82, 2.24) is 0 Å². The third-order valence-corrected chi connectivity index (χ3v) is 4.24. The quantitative estimate of drug-likeness (QED) is 0.193. The van der Waals surface area contributed by atoms with Crippen LogP contribution in [0.2, 0.25) is 0 Å². The Hall–Kier alpha value is -1.39. The van der Waals surface area contributed by atoms with Gasteiger partial charge in [-0.3, -0.25) is 4.79 Å². The number of unbranched alkanes of at least 4 members (excludes halogenated alkanes) is 7. The van der Waals surface area contributed by atoms with Crippen molar-refractivity contribution in [2.75, 3.05) is 13.2 Å². The average Bonchev–Trinajstić information content (AvgIpc) is 2.68. The molecule has 0 saturated heterocycles. The van der Waals surface area contributed by atoms with Gasteiger partial charge in [0.25, 0.3) is 0 Å². The molecule has 0 bridgehead atoms. The number of carbonyl (C=O) groups is 1. The number of rotatable bonds is 18. The lowest BCUT2D eigenvalue weighted by Gasteiger charge is -2.12. The van der Waals surface area contributed by atoms with Crippen LogP contribution in [0, 0.1) is 0 Å². The summed E-state index contributed by atoms with van der Waals surface area (Å²) in [6.07, 6.45) is 25.2. The molecule has 0 fully saturated rings. The maximum atomic E-state index is 11.5. The highest BCUT2D eigenvalue weighted by Gasteiger charge is 2.11. The van der Waals surface area contributed by atoms with Crippen LogP contribution in [0.15, 0.2) is 36.5 Å². The minimum Gasteiger partial charge on any atom is -0.457 e. The largest absolute Gasteiger partial charge is 0.457 e. The molecule has 0 amide bonds. The third-order valence-electron chi connectivity index (χ3n) is 4.24. The van der Waals surface area contributed by atoms with Crippen LogP contribution in [-0.2, 0) is 9.53 Å². The number of hydrogen-bond acceptors (Lipinski definition) is 4. The van der Waals surface area contributed by atoms with Gasteiger partial charge in [0.15, 0.2) is 0 Å². The SMILES string of the molecule is CCC=CCC=CCC=CCCCCCCCCCC(=O)OC(CO)CO. The summed E-state index contributed by atoms with van der Waals surface area (Å²) >= 11 is 0. The van der Waals surface area contributed by atoms with Gasteiger partial charge < -0.3 is 14.9 Å². The molecular weight excluding hydrogens is 340 g/mol. The summed E-state index contributed by atoms with van der Waals surface area (Å²) in [6, 6.07) is 0. The maximum absolute atomic E-state index is 11.5. The van der Waals surface area contributed by atoms with E-state index in [0.717, 1.165) is 44.9 Å². The van der Waals surface area contributed by atoms with Gasteiger partial charge in [-0.2, -0.15) is 0 Å². The van der Waals surface area contributed by atoms with Crippen molar-refractivity contribution in [3.63, 3.8) is 0 Å². The smallest absolute Gasteiger partial charge is 0.306 e. The summed E-state index contributed by atoms with van der Waals surface area (Å²) in [5.41, 5.74) is 0. The molecule has 0 aromatic carbocycles. The molecule has 0 unspecified atom stereocenters. The Kier molecular flexibility index (Phi) is 19.8. The first-order chi connectivity index (χ1) is 13.2. The summed E-state index contributed by atoms with van der Waals surface area (Å²) in [4.78, 5) is 11.5. The predicted octanol–water partition coefficient (Wildman–Crippen LogP) is 5.25. The van der Waals surface area contributed by atoms with Crippen LogP contribution in [0.4, 0.5) is 0 Å². The highest BCUT2D eigenvalue weighted by Crippen LogP contribution is 2.11. The summed E-state index contributed by atoms with van der Waals surface area (Å²) in [5.74, 6) is -0.331. The fraction of sp³-hybridized carbons (Fsp3) is 0.696. The monoisotopic (exact) mass is 380 g/mol. The number of hydrogen-bond donors (Lipinski definition) is 2. The van der Waals surface area contributed by atoms with Crippen molar-refractivity contribution < 1.29 is 19.7 Å². The molecule has 27 heavy (non-hydrogen) atoms. The van der Waals surface area contributed by atoms with E-state index in [9.17, 15) is 4.79 Å². The van der Waals surface area contributed by atoms with Gasteiger partial charge in [0.1, 0.15) is 6.10 Å². The molecule has 156 valence electrons. The van der Waals surface area contributed by atoms with Crippen molar-refractivity contribution in [2.45, 2.75) is 90.1 Å². The summed E-state index contributed by atoms with van der Waals surface area (Å²) in [6.45, 7) is 1.49. The number of esters is 1. The maximum Gasteiger partial charge on any atom is 0.306 e. The second-order valence-electron chi connectivity index (χ2n) is 6.78. The summed E-state index contributed by atoms with van der Waals surface area (Å²) in [7, 11) is 0. The first-order valence-electron chi connectivity index (χ1n) is 10.6. The molecule has 0 aliphatic carbocycles. The summed E-state index contributed by atoms with van der Waals surface area (Å²) < 4.78 is 4.93. The second kappa shape index (κ2) is 20.9. The zero-order chi connectivity index (χ0) is 20.0. The minimum atomic E-state index is -0.773. The molecule has 0 aliphatic rings. The number of carbonyl (C=O) groups excluding carboxylic acids is 1. The molecule has 4 heteroatoms. The Labute approximate surface area is 166 Å². The first-order valence-corrected chi connectivity index (χ1v) is 10.6. The molecule has 0 spiro atoms. The molecule has 0 aliphatic heterocycles. The minimum absolute atomic E-state index is 0.329. The Bertz CT molecular complexity index is 409. The normalized spacial score (nSPS) is 12.1. The van der Waals surface area contributed by atoms with E-state index < -0.39 is 6.10 Å². The fourth-order valence-corrected chi connectivity index (χ4v) is 2.62. The standard InChI is InChI=1S/C23H40O4/c1-2-3-4-5-6-7-8-9-10-11-12-13-14-15-16-17-18-19-23(26)27-22(20-24)21-25/h3-4,6-7,9-10,22,24-25H,2,5,8,11-21H2,1H3. The van der Waals surface area contributed by atoms with Gasteiger partial charge >= 0.3 is 5.97 Å². The predicted molar refractivity (Wildman–Crippen MR) is 113 cm³/mol. The molecule has 0 saturated carbocycles. The van der Waals surface area contributed by atoms with Crippen molar-refractivity contribution in [1.29, 1.82) is 0 Å². The van der Waals surface area contributed by atoms with E-state index in [4.69, 9.17) is 14.9 Å². The highest BCUT2D eigenvalue weighted by atomic mass is 16.6. The third kappa shape index (κ3) is 19.2. The van der Waals surface area contributed by atoms with Gasteiger partial charge in [-0.1, -0.05) is 75.5 Å². The average molecular weight is 381 g/mol. The van der Waals surface area contributed by atoms with Gasteiger partial charge in [0.2, 0.25) is 0 Å². The number of aliphatic hydroxyl groups excluding tert-OH is 2. The van der Waals surface area contributed by atoms with Crippen molar-refractivity contribution in [3.05, 3.63) is 36.5 Å². The highest BCUT2D eigenvalue weighted by molar-refractivity contribution is 5.69. The van der Waals surface area contributed by atoms with E-state index >= 15 is 0 Å². The lowest BCUT2D eigenvalue weighted by Crippen LogP contribution is -2.25. The van der Waals surface area contributed by atoms with Gasteiger partial charge in [0.05, 0.1) is 13.2 Å². The topological polar surface area (TPSA) is 66.8 Å². The van der Waals surface area contributed by atoms with Crippen molar-refractivity contribution in [2.24, 2.45) is 0 Å². The number of aliphatic hydroxyl groups is 2. The van der Waals surface area contributed by atoms with Crippen LogP contribution in [0.3, 0.4) is 0 Å². The van der Waals surface area contributed by atoms with Crippen LogP contribution in [0.5, 0.6) is 0 Å². The van der Waals surface area contributed by atoms with Crippen LogP contribution in [0.25, 0.3) is 0 Å². The Morgan fingerprint density at radius 3 is 1.89 bits per heavy atom. The van der Waals surface area contributed by atoms with Gasteiger partial charge in [0, 0.05) is 6.42 Å². The van der Waals surface area contributed by atoms with E-state index in [2.05, 4.69) is 43.4 Å². The van der Waals surface area contributed by atoms with E-state index in [1.165, 1.54) is 25.7 Å². The molecule has 0 rings (SSSR count). The van der Waals surface area contributed by atoms with Gasteiger partial charge in [-0.15, -0.1) is 0 Å². The molecule has 0 heterocycles. The molecular formula is C23H40O4. The molecule has 2 N–H and O–H groups in total. The van der Waals surface area contributed by atoms with Crippen LogP contribution >= 0.6 is 0 Å². The van der Waals surface area contributed by atoms with Crippen LogP contribution < -0.4 is 0 Å². The van der Waals surface area contributed by atoms with E-state index in [-0.39, 0.29) is 19.2 Å². The summed E-state index contributed by atoms with van der Waals surface area (Å²) in [5, 5.41) is 17.7. The first kappa shape index (κ1) is 25.6. The van der Waals surface area contributed by atoms with E-state index in [1.54, 1.807) is 0 Å². The van der Waals surface area contributed by atoms with Gasteiger partial charge in [-0.05, 0) is 38.5 Å². The number of ether oxygens (including phenoxy) is 1. The molecule has 4 nitrogen and oxygen atoms in total. The molecule has 0 atom stereocenters. The van der Waals surface area contributed by atoms with Gasteiger partial charge in [-0.25, -0.2) is 0 Å². The van der Waals surface area contributed by atoms with Crippen LogP contribution in [0.1, 0.15) is 84.0 Å². The van der Waals surface area contributed by atoms with Crippen LogP contribution in [-0.4, -0.2) is 35.5 Å². The zero-order valence-electron chi connectivity index (χ0n) is 17.2. The molecule has 0 aromatic rings. The Morgan fingerprint density at radius 2 is 1.30 bits per heavy atom. The fourth-order valence-electron chi connectivity index (χ4n) is 2.62.